The minimum absolute atomic E-state index is 0.0867. The van der Waals surface area contributed by atoms with Gasteiger partial charge >= 0.3 is 6.01 Å². The number of phenols is 1. The maximum Gasteiger partial charge on any atom is 0.301 e. The molecule has 2 N–H and O–H groups in total. The Balaban J connectivity index is 1.54. The zero-order valence-corrected chi connectivity index (χ0v) is 15.3. The molecular weight excluding hydrogens is 382 g/mol. The van der Waals surface area contributed by atoms with Crippen LogP contribution in [0.3, 0.4) is 0 Å². The van der Waals surface area contributed by atoms with Gasteiger partial charge < -0.3 is 19.5 Å². The molecule has 1 aliphatic heterocycles. The number of aliphatic hydroxyl groups excluding tert-OH is 1. The highest BCUT2D eigenvalue weighted by atomic mass is 35.5. The van der Waals surface area contributed by atoms with E-state index in [2.05, 4.69) is 19.9 Å². The summed E-state index contributed by atoms with van der Waals surface area (Å²) >= 11 is 5.95. The molecule has 0 amide bonds. The molecule has 5 rings (SSSR count). The Morgan fingerprint density at radius 3 is 2.82 bits per heavy atom. The zero-order chi connectivity index (χ0) is 19.3. The number of anilines is 1. The van der Waals surface area contributed by atoms with Gasteiger partial charge in [0.25, 0.3) is 5.71 Å². The van der Waals surface area contributed by atoms with Crippen LogP contribution < -0.4 is 4.90 Å². The van der Waals surface area contributed by atoms with Crippen LogP contribution in [0, 0.1) is 0 Å². The van der Waals surface area contributed by atoms with Gasteiger partial charge in [0.2, 0.25) is 5.65 Å². The topological polar surface area (TPSA) is 108 Å². The summed E-state index contributed by atoms with van der Waals surface area (Å²) in [7, 11) is 0. The summed E-state index contributed by atoms with van der Waals surface area (Å²) in [4.78, 5) is 19.3. The zero-order valence-electron chi connectivity index (χ0n) is 14.5. The van der Waals surface area contributed by atoms with E-state index in [1.165, 1.54) is 17.8 Å². The predicted octanol–water partition coefficient (Wildman–Crippen LogP) is 3.05. The van der Waals surface area contributed by atoms with Crippen LogP contribution >= 0.6 is 11.6 Å². The SMILES string of the molecule is OCc1cc(Cl)cc(O)c1-c1cnc2oc(N3Cc4ccncc4C3)nc2n1. The first-order valence-electron chi connectivity index (χ1n) is 8.55. The summed E-state index contributed by atoms with van der Waals surface area (Å²) in [6.07, 6.45) is 5.08. The van der Waals surface area contributed by atoms with Gasteiger partial charge in [-0.1, -0.05) is 11.6 Å². The van der Waals surface area contributed by atoms with Crippen LogP contribution in [0.2, 0.25) is 5.02 Å². The highest BCUT2D eigenvalue weighted by Gasteiger charge is 2.24. The van der Waals surface area contributed by atoms with Gasteiger partial charge in [-0.15, -0.1) is 0 Å². The van der Waals surface area contributed by atoms with Crippen molar-refractivity contribution in [2.75, 3.05) is 4.90 Å². The third-order valence-corrected chi connectivity index (χ3v) is 4.92. The van der Waals surface area contributed by atoms with Crippen molar-refractivity contribution in [3.05, 3.63) is 58.5 Å². The number of nitrogens with zero attached hydrogens (tertiary/aromatic N) is 5. The van der Waals surface area contributed by atoms with Crippen molar-refractivity contribution in [3.63, 3.8) is 0 Å². The standard InChI is InChI=1S/C19H14ClN5O3/c20-13-3-11(9-26)16(15(27)4-13)14-6-22-18-17(23-14)24-19(28-18)25-7-10-1-2-21-5-12(10)8-25/h1-6,26-27H,7-9H2. The van der Waals surface area contributed by atoms with Gasteiger partial charge in [-0.05, 0) is 34.9 Å². The number of halogens is 1. The van der Waals surface area contributed by atoms with Crippen molar-refractivity contribution < 1.29 is 14.6 Å². The second-order valence-corrected chi connectivity index (χ2v) is 6.93. The van der Waals surface area contributed by atoms with E-state index in [9.17, 15) is 10.2 Å². The number of hydrogen-bond donors (Lipinski definition) is 2. The van der Waals surface area contributed by atoms with E-state index in [0.717, 1.165) is 5.56 Å². The Morgan fingerprint density at radius 2 is 2.00 bits per heavy atom. The third kappa shape index (κ3) is 2.74. The highest BCUT2D eigenvalue weighted by Crippen LogP contribution is 2.35. The maximum absolute atomic E-state index is 10.3. The number of aliphatic hydroxyl groups is 1. The Hall–Kier alpha value is -3.23. The summed E-state index contributed by atoms with van der Waals surface area (Å²) in [6, 6.07) is 5.37. The summed E-state index contributed by atoms with van der Waals surface area (Å²) in [6.45, 7) is 1.02. The van der Waals surface area contributed by atoms with E-state index in [-0.39, 0.29) is 12.4 Å². The van der Waals surface area contributed by atoms with Crippen molar-refractivity contribution in [1.29, 1.82) is 0 Å². The molecule has 0 atom stereocenters. The minimum Gasteiger partial charge on any atom is -0.507 e. The molecule has 0 bridgehead atoms. The number of fused-ring (bicyclic) bond motifs is 2. The second-order valence-electron chi connectivity index (χ2n) is 6.50. The molecule has 1 aliphatic rings. The van der Waals surface area contributed by atoms with Crippen molar-refractivity contribution in [2.24, 2.45) is 0 Å². The highest BCUT2D eigenvalue weighted by molar-refractivity contribution is 6.31. The van der Waals surface area contributed by atoms with Gasteiger partial charge in [0.1, 0.15) is 5.75 Å². The first kappa shape index (κ1) is 16.9. The molecule has 9 heteroatoms. The molecule has 0 saturated heterocycles. The van der Waals surface area contributed by atoms with Crippen molar-refractivity contribution in [2.45, 2.75) is 19.7 Å². The fraction of sp³-hybridized carbons (Fsp3) is 0.158. The van der Waals surface area contributed by atoms with Gasteiger partial charge in [0.05, 0.1) is 18.5 Å². The van der Waals surface area contributed by atoms with Crippen LogP contribution in [0.4, 0.5) is 6.01 Å². The Labute approximate surface area is 164 Å². The lowest BCUT2D eigenvalue weighted by Crippen LogP contribution is -2.14. The Morgan fingerprint density at radius 1 is 1.14 bits per heavy atom. The molecule has 0 saturated carbocycles. The molecule has 0 aliphatic carbocycles. The number of aromatic nitrogens is 4. The molecule has 0 radical (unpaired) electrons. The van der Waals surface area contributed by atoms with Crippen LogP contribution in [-0.4, -0.2) is 30.1 Å². The molecule has 8 nitrogen and oxygen atoms in total. The average molecular weight is 396 g/mol. The van der Waals surface area contributed by atoms with Gasteiger partial charge in [-0.2, -0.15) is 4.98 Å². The van der Waals surface area contributed by atoms with E-state index in [1.54, 1.807) is 12.3 Å². The number of aromatic hydroxyl groups is 1. The van der Waals surface area contributed by atoms with Crippen LogP contribution in [0.15, 0.2) is 41.2 Å². The van der Waals surface area contributed by atoms with Gasteiger partial charge in [0.15, 0.2) is 0 Å². The van der Waals surface area contributed by atoms with Crippen LogP contribution in [-0.2, 0) is 19.7 Å². The Kier molecular flexibility index (Phi) is 3.88. The van der Waals surface area contributed by atoms with Crippen molar-refractivity contribution in [1.82, 2.24) is 19.9 Å². The van der Waals surface area contributed by atoms with Gasteiger partial charge in [-0.25, -0.2) is 9.97 Å². The third-order valence-electron chi connectivity index (χ3n) is 4.70. The molecular formula is C19H14ClN5O3. The summed E-state index contributed by atoms with van der Waals surface area (Å²) < 4.78 is 5.77. The quantitative estimate of drug-likeness (QED) is 0.544. The summed E-state index contributed by atoms with van der Waals surface area (Å²) in [5.41, 5.74) is 4.11. The molecule has 3 aromatic heterocycles. The number of phenolic OH excluding ortho intramolecular Hbond substituents is 1. The monoisotopic (exact) mass is 395 g/mol. The number of benzene rings is 1. The number of oxazole rings is 1. The maximum atomic E-state index is 10.3. The second kappa shape index (κ2) is 6.43. The number of pyridine rings is 1. The predicted molar refractivity (Wildman–Crippen MR) is 102 cm³/mol. The van der Waals surface area contributed by atoms with E-state index >= 15 is 0 Å². The smallest absolute Gasteiger partial charge is 0.301 e. The van der Waals surface area contributed by atoms with Crippen molar-refractivity contribution in [3.8, 4) is 17.0 Å². The summed E-state index contributed by atoms with van der Waals surface area (Å²) in [5, 5.41) is 20.2. The summed E-state index contributed by atoms with van der Waals surface area (Å²) in [5.74, 6) is -0.0867. The minimum atomic E-state index is -0.298. The van der Waals surface area contributed by atoms with Gasteiger partial charge in [-0.3, -0.25) is 4.98 Å². The lowest BCUT2D eigenvalue weighted by Gasteiger charge is -2.10. The number of rotatable bonds is 3. The van der Waals surface area contributed by atoms with E-state index in [4.69, 9.17) is 16.0 Å². The van der Waals surface area contributed by atoms with Crippen LogP contribution in [0.5, 0.6) is 5.75 Å². The molecule has 140 valence electrons. The number of hydrogen-bond acceptors (Lipinski definition) is 8. The van der Waals surface area contributed by atoms with Crippen LogP contribution in [0.25, 0.3) is 22.6 Å². The average Bonchev–Trinajstić information content (AvgIpc) is 3.30. The normalized spacial score (nSPS) is 13.3. The Bertz CT molecular complexity index is 1180. The first-order chi connectivity index (χ1) is 13.6. The molecule has 1 aromatic carbocycles. The first-order valence-corrected chi connectivity index (χ1v) is 8.93. The van der Waals surface area contributed by atoms with E-state index < -0.39 is 0 Å². The fourth-order valence-electron chi connectivity index (χ4n) is 3.39. The molecule has 0 spiro atoms. The van der Waals surface area contributed by atoms with Crippen LogP contribution in [0.1, 0.15) is 16.7 Å². The molecule has 4 heterocycles. The molecule has 0 fully saturated rings. The molecule has 28 heavy (non-hydrogen) atoms. The van der Waals surface area contributed by atoms with E-state index in [0.29, 0.717) is 52.3 Å². The fourth-order valence-corrected chi connectivity index (χ4v) is 3.63. The van der Waals surface area contributed by atoms with E-state index in [1.807, 2.05) is 17.2 Å². The molecule has 0 unspecified atom stereocenters. The lowest BCUT2D eigenvalue weighted by molar-refractivity contribution is 0.282. The largest absolute Gasteiger partial charge is 0.507 e. The van der Waals surface area contributed by atoms with Crippen molar-refractivity contribution >= 4 is 29.0 Å². The molecule has 4 aromatic rings. The lowest BCUT2D eigenvalue weighted by atomic mass is 10.0. The van der Waals surface area contributed by atoms with Gasteiger partial charge in [0, 0.05) is 36.1 Å².